The number of aromatic nitrogens is 2. The molecule has 0 radical (unpaired) electrons. The number of aryl methyl sites for hydroxylation is 1. The second kappa shape index (κ2) is 10.4. The summed E-state index contributed by atoms with van der Waals surface area (Å²) in [5.41, 5.74) is 1.32. The highest BCUT2D eigenvalue weighted by molar-refractivity contribution is 7.89. The van der Waals surface area contributed by atoms with E-state index in [4.69, 9.17) is 11.6 Å². The van der Waals surface area contributed by atoms with Crippen LogP contribution in [-0.4, -0.2) is 40.2 Å². The van der Waals surface area contributed by atoms with Crippen LogP contribution in [0.5, 0.6) is 0 Å². The number of carboxylic acid groups (broad SMARTS) is 1. The van der Waals surface area contributed by atoms with Crippen LogP contribution in [0, 0.1) is 5.92 Å². The molecule has 8 nitrogen and oxygen atoms in total. The average molecular weight is 458 g/mol. The van der Waals surface area contributed by atoms with Gasteiger partial charge in [-0.1, -0.05) is 50.9 Å². The third-order valence-corrected chi connectivity index (χ3v) is 6.56. The first-order valence-electron chi connectivity index (χ1n) is 9.79. The van der Waals surface area contributed by atoms with Crippen LogP contribution in [0.3, 0.4) is 0 Å². The smallest absolute Gasteiger partial charge is 0.322 e. The quantitative estimate of drug-likeness (QED) is 0.477. The molecule has 30 heavy (non-hydrogen) atoms. The average Bonchev–Trinajstić information content (AvgIpc) is 2.98. The van der Waals surface area contributed by atoms with Crippen molar-refractivity contribution in [3.8, 4) is 0 Å². The number of aliphatic carboxylic acids is 1. The fourth-order valence-corrected chi connectivity index (χ4v) is 4.63. The van der Waals surface area contributed by atoms with Crippen LogP contribution < -0.4 is 4.72 Å². The summed E-state index contributed by atoms with van der Waals surface area (Å²) >= 11 is 6.15. The Morgan fingerprint density at radius 3 is 2.40 bits per heavy atom. The predicted octanol–water partition coefficient (Wildman–Crippen LogP) is 2.81. The van der Waals surface area contributed by atoms with Crippen molar-refractivity contribution in [3.05, 3.63) is 46.5 Å². The molecule has 0 saturated carbocycles. The highest BCUT2D eigenvalue weighted by Crippen LogP contribution is 2.21. The Balaban J connectivity index is 2.25. The predicted molar refractivity (Wildman–Crippen MR) is 114 cm³/mol. The zero-order valence-electron chi connectivity index (χ0n) is 17.3. The van der Waals surface area contributed by atoms with Crippen LogP contribution in [0.4, 0.5) is 0 Å². The summed E-state index contributed by atoms with van der Waals surface area (Å²) in [7, 11) is -3.98. The molecule has 166 valence electrons. The fourth-order valence-electron chi connectivity index (χ4n) is 3.03. The summed E-state index contributed by atoms with van der Waals surface area (Å²) in [6, 6.07) is 4.95. The van der Waals surface area contributed by atoms with Crippen LogP contribution in [0.25, 0.3) is 0 Å². The van der Waals surface area contributed by atoms with Crippen molar-refractivity contribution in [1.82, 2.24) is 14.3 Å². The lowest BCUT2D eigenvalue weighted by Gasteiger charge is -2.18. The molecule has 1 atom stereocenters. The van der Waals surface area contributed by atoms with Crippen LogP contribution in [0.15, 0.2) is 29.2 Å². The molecule has 0 amide bonds. The maximum Gasteiger partial charge on any atom is 0.322 e. The molecule has 2 aromatic rings. The molecule has 1 aromatic carbocycles. The van der Waals surface area contributed by atoms with Gasteiger partial charge in [-0.2, -0.15) is 4.72 Å². The number of unbranched alkanes of at least 4 members (excludes halogenated alkanes) is 1. The summed E-state index contributed by atoms with van der Waals surface area (Å²) in [6.45, 7) is 5.47. The third kappa shape index (κ3) is 5.81. The van der Waals surface area contributed by atoms with Crippen molar-refractivity contribution in [2.45, 2.75) is 64.1 Å². The van der Waals surface area contributed by atoms with E-state index in [2.05, 4.69) is 16.6 Å². The fraction of sp³-hybridized carbons (Fsp3) is 0.500. The molecule has 2 rings (SSSR count). The lowest BCUT2D eigenvalue weighted by Crippen LogP contribution is -2.44. The van der Waals surface area contributed by atoms with Crippen molar-refractivity contribution in [2.75, 3.05) is 0 Å². The van der Waals surface area contributed by atoms with Gasteiger partial charge in [0.15, 0.2) is 5.15 Å². The molecular weight excluding hydrogens is 430 g/mol. The largest absolute Gasteiger partial charge is 0.480 e. The second-order valence-corrected chi connectivity index (χ2v) is 9.51. The standard InChI is InChI=1S/C20H28ClN3O5S/c1-4-5-6-17-22-19(21)16(12-25)24(17)11-14-7-9-15(10-8-14)30(28,29)23-18(13(2)3)20(26)27/h7-10,13,18,23,25H,4-6,11-12H2,1-3H3,(H,26,27)/t18-/m0/s1. The first kappa shape index (κ1) is 24.3. The van der Waals surface area contributed by atoms with E-state index in [0.717, 1.165) is 30.7 Å². The van der Waals surface area contributed by atoms with Crippen LogP contribution in [0.2, 0.25) is 5.15 Å². The van der Waals surface area contributed by atoms with Gasteiger partial charge < -0.3 is 14.8 Å². The van der Waals surface area contributed by atoms with Gasteiger partial charge in [-0.3, -0.25) is 4.79 Å². The van der Waals surface area contributed by atoms with E-state index in [9.17, 15) is 23.4 Å². The molecule has 10 heteroatoms. The Labute approximate surface area is 182 Å². The Morgan fingerprint density at radius 2 is 1.90 bits per heavy atom. The molecule has 3 N–H and O–H groups in total. The molecule has 0 aliphatic heterocycles. The number of rotatable bonds is 11. The molecule has 0 bridgehead atoms. The van der Waals surface area contributed by atoms with Crippen molar-refractivity contribution >= 4 is 27.6 Å². The van der Waals surface area contributed by atoms with Crippen molar-refractivity contribution in [2.24, 2.45) is 5.92 Å². The van der Waals surface area contributed by atoms with Gasteiger partial charge in [0.1, 0.15) is 11.9 Å². The number of nitrogens with zero attached hydrogens (tertiary/aromatic N) is 2. The van der Waals surface area contributed by atoms with E-state index < -0.39 is 28.0 Å². The number of carboxylic acids is 1. The van der Waals surface area contributed by atoms with Gasteiger partial charge in [-0.25, -0.2) is 13.4 Å². The Hall–Kier alpha value is -1.94. The van der Waals surface area contributed by atoms with Crippen LogP contribution in [0.1, 0.15) is 50.7 Å². The number of hydrogen-bond donors (Lipinski definition) is 3. The van der Waals surface area contributed by atoms with E-state index >= 15 is 0 Å². The Bertz CT molecular complexity index is 971. The number of benzene rings is 1. The van der Waals surface area contributed by atoms with Crippen molar-refractivity contribution in [3.63, 3.8) is 0 Å². The highest BCUT2D eigenvalue weighted by atomic mass is 35.5. The molecule has 0 aliphatic carbocycles. The van der Waals surface area contributed by atoms with Crippen molar-refractivity contribution in [1.29, 1.82) is 0 Å². The number of carbonyl (C=O) groups is 1. The monoisotopic (exact) mass is 457 g/mol. The van der Waals surface area contributed by atoms with Crippen LogP contribution >= 0.6 is 11.6 Å². The third-order valence-electron chi connectivity index (χ3n) is 4.80. The Morgan fingerprint density at radius 1 is 1.27 bits per heavy atom. The van der Waals surface area contributed by atoms with E-state index in [0.29, 0.717) is 12.2 Å². The first-order valence-corrected chi connectivity index (χ1v) is 11.7. The molecule has 0 unspecified atom stereocenters. The first-order chi connectivity index (χ1) is 14.1. The lowest BCUT2D eigenvalue weighted by atomic mass is 10.1. The van der Waals surface area contributed by atoms with Gasteiger partial charge >= 0.3 is 5.97 Å². The zero-order valence-corrected chi connectivity index (χ0v) is 18.9. The van der Waals surface area contributed by atoms with Gasteiger partial charge in [0, 0.05) is 13.0 Å². The van der Waals surface area contributed by atoms with Gasteiger partial charge in [-0.15, -0.1) is 0 Å². The summed E-state index contributed by atoms with van der Waals surface area (Å²) < 4.78 is 29.2. The summed E-state index contributed by atoms with van der Waals surface area (Å²) in [4.78, 5) is 15.6. The second-order valence-electron chi connectivity index (χ2n) is 7.44. The topological polar surface area (TPSA) is 122 Å². The number of sulfonamides is 1. The molecule has 0 aliphatic rings. The number of nitrogens with one attached hydrogen (secondary N) is 1. The minimum atomic E-state index is -3.98. The number of aliphatic hydroxyl groups excluding tert-OH is 1. The molecule has 1 aromatic heterocycles. The lowest BCUT2D eigenvalue weighted by molar-refractivity contribution is -0.140. The number of hydrogen-bond acceptors (Lipinski definition) is 5. The van der Waals surface area contributed by atoms with Crippen molar-refractivity contribution < 1.29 is 23.4 Å². The highest BCUT2D eigenvalue weighted by Gasteiger charge is 2.28. The van der Waals surface area contributed by atoms with E-state index in [1.54, 1.807) is 26.0 Å². The summed E-state index contributed by atoms with van der Waals surface area (Å²) in [6.07, 6.45) is 2.65. The van der Waals surface area contributed by atoms with Gasteiger partial charge in [-0.05, 0) is 30.0 Å². The molecule has 0 fully saturated rings. The van der Waals surface area contributed by atoms with Gasteiger partial charge in [0.05, 0.1) is 17.2 Å². The maximum atomic E-state index is 12.6. The van der Waals surface area contributed by atoms with E-state index in [1.807, 2.05) is 4.57 Å². The minimum Gasteiger partial charge on any atom is -0.480 e. The molecular formula is C20H28ClN3O5S. The number of imidazole rings is 1. The maximum absolute atomic E-state index is 12.6. The molecule has 0 spiro atoms. The van der Waals surface area contributed by atoms with Crippen LogP contribution in [-0.2, 0) is 34.4 Å². The summed E-state index contributed by atoms with van der Waals surface area (Å²) in [5, 5.41) is 19.2. The zero-order chi connectivity index (χ0) is 22.5. The van der Waals surface area contributed by atoms with Gasteiger partial charge in [0.25, 0.3) is 0 Å². The number of halogens is 1. The SMILES string of the molecule is CCCCc1nc(Cl)c(CO)n1Cc1ccc(S(=O)(=O)N[C@H](C(=O)O)C(C)C)cc1. The number of aliphatic hydroxyl groups is 1. The van der Waals surface area contributed by atoms with E-state index in [1.165, 1.54) is 12.1 Å². The molecule has 1 heterocycles. The molecule has 0 saturated heterocycles. The van der Waals surface area contributed by atoms with E-state index in [-0.39, 0.29) is 16.7 Å². The summed E-state index contributed by atoms with van der Waals surface area (Å²) in [5.74, 6) is -0.857. The van der Waals surface area contributed by atoms with Gasteiger partial charge in [0.2, 0.25) is 10.0 Å². The normalized spacial score (nSPS) is 13.0. The minimum absolute atomic E-state index is 0.0181. The Kier molecular flexibility index (Phi) is 8.42.